The van der Waals surface area contributed by atoms with Gasteiger partial charge in [-0.2, -0.15) is 0 Å². The second kappa shape index (κ2) is 13.5. The molecule has 38 heavy (non-hydrogen) atoms. The molecule has 0 unspecified atom stereocenters. The molecule has 3 rings (SSSR count). The first kappa shape index (κ1) is 30.0. The molecular formula is C27H28BrCl2N3O4S. The van der Waals surface area contributed by atoms with Crippen LogP contribution >= 0.6 is 39.1 Å². The van der Waals surface area contributed by atoms with Gasteiger partial charge in [0.05, 0.1) is 10.6 Å². The molecule has 11 heteroatoms. The lowest BCUT2D eigenvalue weighted by molar-refractivity contribution is -0.140. The molecule has 0 bridgehead atoms. The van der Waals surface area contributed by atoms with Crippen LogP contribution in [-0.4, -0.2) is 44.3 Å². The van der Waals surface area contributed by atoms with Crippen LogP contribution in [-0.2, 0) is 26.2 Å². The Morgan fingerprint density at radius 3 is 2.16 bits per heavy atom. The van der Waals surface area contributed by atoms with Gasteiger partial charge in [0.1, 0.15) is 12.6 Å². The van der Waals surface area contributed by atoms with Crippen molar-refractivity contribution in [3.8, 4) is 0 Å². The van der Waals surface area contributed by atoms with Crippen molar-refractivity contribution in [1.29, 1.82) is 0 Å². The van der Waals surface area contributed by atoms with Crippen molar-refractivity contribution in [2.75, 3.05) is 17.4 Å². The Hall–Kier alpha value is -2.59. The van der Waals surface area contributed by atoms with Gasteiger partial charge in [-0.05, 0) is 55.8 Å². The molecule has 0 aliphatic rings. The molecule has 3 aromatic rings. The van der Waals surface area contributed by atoms with E-state index in [-0.39, 0.29) is 17.3 Å². The number of hydrogen-bond donors (Lipinski definition) is 1. The van der Waals surface area contributed by atoms with Crippen LogP contribution in [0.25, 0.3) is 0 Å². The molecule has 0 heterocycles. The molecule has 0 aromatic heterocycles. The zero-order valence-electron chi connectivity index (χ0n) is 20.9. The summed E-state index contributed by atoms with van der Waals surface area (Å²) in [7, 11) is -4.14. The van der Waals surface area contributed by atoms with E-state index in [1.165, 1.54) is 17.0 Å². The maximum Gasteiger partial charge on any atom is 0.264 e. The normalized spacial score (nSPS) is 12.0. The van der Waals surface area contributed by atoms with Crippen LogP contribution < -0.4 is 9.62 Å². The Balaban J connectivity index is 2.09. The Bertz CT molecular complexity index is 1370. The molecule has 7 nitrogen and oxygen atoms in total. The van der Waals surface area contributed by atoms with Crippen molar-refractivity contribution in [2.45, 2.75) is 37.8 Å². The number of hydrogen-bond acceptors (Lipinski definition) is 4. The van der Waals surface area contributed by atoms with Crippen LogP contribution in [0.4, 0.5) is 5.69 Å². The second-order valence-electron chi connectivity index (χ2n) is 8.35. The minimum Gasteiger partial charge on any atom is -0.355 e. The van der Waals surface area contributed by atoms with Gasteiger partial charge in [0, 0.05) is 33.2 Å². The third-order valence-electron chi connectivity index (χ3n) is 5.83. The van der Waals surface area contributed by atoms with E-state index in [4.69, 9.17) is 23.2 Å². The molecule has 3 aromatic carbocycles. The van der Waals surface area contributed by atoms with E-state index in [1.54, 1.807) is 74.5 Å². The predicted octanol–water partition coefficient (Wildman–Crippen LogP) is 5.89. The standard InChI is InChI=1S/C27H28BrCl2N3O4S/c1-3-25(27(35)31-4-2)32(17-22-23(29)14-9-15-24(22)30)26(34)18-33(20-11-8-10-19(28)16-20)38(36,37)21-12-6-5-7-13-21/h5-16,25H,3-4,17-18H2,1-2H3,(H,31,35)/t25-/m0/s1. The Labute approximate surface area is 241 Å². The number of carbonyl (C=O) groups is 2. The van der Waals surface area contributed by atoms with Gasteiger partial charge in [0.2, 0.25) is 11.8 Å². The molecule has 0 saturated heterocycles. The van der Waals surface area contributed by atoms with Gasteiger partial charge in [-0.1, -0.05) is 76.4 Å². The quantitative estimate of drug-likeness (QED) is 0.283. The fraction of sp³-hybridized carbons (Fsp3) is 0.259. The lowest BCUT2D eigenvalue weighted by Gasteiger charge is -2.33. The maximum absolute atomic E-state index is 14.0. The molecule has 0 saturated carbocycles. The fourth-order valence-electron chi connectivity index (χ4n) is 3.94. The molecule has 2 amide bonds. The van der Waals surface area contributed by atoms with Crippen LogP contribution in [0.15, 0.2) is 82.2 Å². The second-order valence-corrected chi connectivity index (χ2v) is 11.9. The third-order valence-corrected chi connectivity index (χ3v) is 8.82. The number of carbonyl (C=O) groups excluding carboxylic acids is 2. The summed E-state index contributed by atoms with van der Waals surface area (Å²) in [5, 5.41) is 3.43. The molecule has 0 spiro atoms. The van der Waals surface area contributed by atoms with Crippen molar-refractivity contribution in [3.63, 3.8) is 0 Å². The number of anilines is 1. The summed E-state index contributed by atoms with van der Waals surface area (Å²) < 4.78 is 29.2. The van der Waals surface area contributed by atoms with Crippen LogP contribution in [0.1, 0.15) is 25.8 Å². The lowest BCUT2D eigenvalue weighted by Crippen LogP contribution is -2.52. The topological polar surface area (TPSA) is 86.8 Å². The molecule has 0 aliphatic carbocycles. The van der Waals surface area contributed by atoms with Gasteiger partial charge < -0.3 is 10.2 Å². The van der Waals surface area contributed by atoms with Crippen LogP contribution in [0, 0.1) is 0 Å². The summed E-state index contributed by atoms with van der Waals surface area (Å²) in [6, 6.07) is 18.6. The van der Waals surface area contributed by atoms with E-state index >= 15 is 0 Å². The fourth-order valence-corrected chi connectivity index (χ4v) is 6.28. The molecule has 1 N–H and O–H groups in total. The third kappa shape index (κ3) is 7.08. The van der Waals surface area contributed by atoms with Gasteiger partial charge >= 0.3 is 0 Å². The smallest absolute Gasteiger partial charge is 0.264 e. The first-order valence-electron chi connectivity index (χ1n) is 11.9. The summed E-state index contributed by atoms with van der Waals surface area (Å²) >= 11 is 16.2. The molecule has 0 radical (unpaired) electrons. The number of likely N-dealkylation sites (N-methyl/N-ethyl adjacent to an activating group) is 1. The van der Waals surface area contributed by atoms with E-state index in [0.29, 0.717) is 38.7 Å². The van der Waals surface area contributed by atoms with Crippen LogP contribution in [0.3, 0.4) is 0 Å². The van der Waals surface area contributed by atoms with Crippen LogP contribution in [0.2, 0.25) is 10.0 Å². The molecule has 1 atom stereocenters. The Morgan fingerprint density at radius 2 is 1.58 bits per heavy atom. The van der Waals surface area contributed by atoms with E-state index in [0.717, 1.165) is 4.31 Å². The molecule has 0 aliphatic heterocycles. The van der Waals surface area contributed by atoms with Gasteiger partial charge in [0.15, 0.2) is 0 Å². The minimum atomic E-state index is -4.14. The number of halogens is 3. The minimum absolute atomic E-state index is 0.0317. The average Bonchev–Trinajstić information content (AvgIpc) is 2.89. The van der Waals surface area contributed by atoms with Gasteiger partial charge in [-0.25, -0.2) is 8.42 Å². The summed E-state index contributed by atoms with van der Waals surface area (Å²) in [4.78, 5) is 28.3. The maximum atomic E-state index is 14.0. The molecular weight excluding hydrogens is 613 g/mol. The van der Waals surface area contributed by atoms with E-state index < -0.39 is 28.5 Å². The first-order chi connectivity index (χ1) is 18.1. The monoisotopic (exact) mass is 639 g/mol. The molecule has 202 valence electrons. The van der Waals surface area contributed by atoms with E-state index in [9.17, 15) is 18.0 Å². The Kier molecular flexibility index (Phi) is 10.6. The summed E-state index contributed by atoms with van der Waals surface area (Å²) in [6.45, 7) is 3.30. The number of nitrogens with zero attached hydrogens (tertiary/aromatic N) is 2. The largest absolute Gasteiger partial charge is 0.355 e. The van der Waals surface area contributed by atoms with Crippen molar-refractivity contribution < 1.29 is 18.0 Å². The van der Waals surface area contributed by atoms with Gasteiger partial charge in [-0.3, -0.25) is 13.9 Å². The highest BCUT2D eigenvalue weighted by Gasteiger charge is 2.34. The van der Waals surface area contributed by atoms with Gasteiger partial charge in [0.25, 0.3) is 10.0 Å². The number of benzene rings is 3. The number of nitrogens with one attached hydrogen (secondary N) is 1. The van der Waals surface area contributed by atoms with E-state index in [2.05, 4.69) is 21.2 Å². The highest BCUT2D eigenvalue weighted by atomic mass is 79.9. The van der Waals surface area contributed by atoms with E-state index in [1.807, 2.05) is 0 Å². The zero-order chi connectivity index (χ0) is 27.9. The zero-order valence-corrected chi connectivity index (χ0v) is 24.8. The average molecular weight is 641 g/mol. The van der Waals surface area contributed by atoms with Crippen molar-refractivity contribution in [3.05, 3.63) is 92.9 Å². The number of rotatable bonds is 11. The van der Waals surface area contributed by atoms with Crippen molar-refractivity contribution >= 4 is 66.7 Å². The van der Waals surface area contributed by atoms with Crippen molar-refractivity contribution in [1.82, 2.24) is 10.2 Å². The van der Waals surface area contributed by atoms with Crippen molar-refractivity contribution in [2.24, 2.45) is 0 Å². The molecule has 0 fully saturated rings. The summed E-state index contributed by atoms with van der Waals surface area (Å²) in [5.41, 5.74) is 0.755. The van der Waals surface area contributed by atoms with Crippen LogP contribution in [0.5, 0.6) is 0 Å². The first-order valence-corrected chi connectivity index (χ1v) is 14.9. The summed E-state index contributed by atoms with van der Waals surface area (Å²) in [6.07, 6.45) is 0.294. The SMILES string of the molecule is CCNC(=O)[C@H](CC)N(Cc1c(Cl)cccc1Cl)C(=O)CN(c1cccc(Br)c1)S(=O)(=O)c1ccccc1. The highest BCUT2D eigenvalue weighted by Crippen LogP contribution is 2.29. The Morgan fingerprint density at radius 1 is 0.947 bits per heavy atom. The number of sulfonamides is 1. The lowest BCUT2D eigenvalue weighted by atomic mass is 10.1. The summed E-state index contributed by atoms with van der Waals surface area (Å²) in [5.74, 6) is -0.940. The number of amides is 2. The predicted molar refractivity (Wildman–Crippen MR) is 155 cm³/mol. The van der Waals surface area contributed by atoms with Gasteiger partial charge in [-0.15, -0.1) is 0 Å². The highest BCUT2D eigenvalue weighted by molar-refractivity contribution is 9.10.